The number of nitrogens with one attached hydrogen (secondary N) is 1. The number of hydrogen-bond acceptors (Lipinski definition) is 6. The van der Waals surface area contributed by atoms with E-state index < -0.39 is 0 Å². The van der Waals surface area contributed by atoms with Crippen molar-refractivity contribution < 1.29 is 9.90 Å². The lowest BCUT2D eigenvalue weighted by atomic mass is 10.0. The zero-order valence-electron chi connectivity index (χ0n) is 15.0. The standard InChI is InChI=1S/C18H29N5O2/c1-2-18(25)21-14-6-5-8-22(11-14)16-10-17(20-13-19-16)23-9-4-3-7-15(23)12-24/h10,13-15,24H,2-9,11-12H2,1H3,(H,21,25). The number of aromatic nitrogens is 2. The molecule has 1 amide bonds. The van der Waals surface area contributed by atoms with E-state index in [-0.39, 0.29) is 24.6 Å². The first-order chi connectivity index (χ1) is 12.2. The average Bonchev–Trinajstić information content (AvgIpc) is 2.68. The zero-order valence-corrected chi connectivity index (χ0v) is 15.0. The Labute approximate surface area is 149 Å². The first kappa shape index (κ1) is 17.9. The molecule has 1 aromatic rings. The molecule has 3 heterocycles. The lowest BCUT2D eigenvalue weighted by Crippen LogP contribution is -2.48. The second kappa shape index (κ2) is 8.47. The van der Waals surface area contributed by atoms with Crippen molar-refractivity contribution in [2.24, 2.45) is 0 Å². The number of aliphatic hydroxyl groups is 1. The number of anilines is 2. The summed E-state index contributed by atoms with van der Waals surface area (Å²) in [5.74, 6) is 1.90. The van der Waals surface area contributed by atoms with Crippen LogP contribution in [0.1, 0.15) is 45.4 Å². The fraction of sp³-hybridized carbons (Fsp3) is 0.722. The van der Waals surface area contributed by atoms with Gasteiger partial charge in [0.1, 0.15) is 18.0 Å². The van der Waals surface area contributed by atoms with E-state index in [1.165, 1.54) is 0 Å². The molecule has 25 heavy (non-hydrogen) atoms. The molecule has 2 N–H and O–H groups in total. The molecule has 0 radical (unpaired) electrons. The summed E-state index contributed by atoms with van der Waals surface area (Å²) in [5.41, 5.74) is 0. The largest absolute Gasteiger partial charge is 0.394 e. The van der Waals surface area contributed by atoms with Crippen LogP contribution in [0.3, 0.4) is 0 Å². The normalized spacial score (nSPS) is 24.2. The van der Waals surface area contributed by atoms with Gasteiger partial charge in [0.05, 0.1) is 12.6 Å². The van der Waals surface area contributed by atoms with E-state index in [9.17, 15) is 9.90 Å². The van der Waals surface area contributed by atoms with Crippen molar-refractivity contribution in [2.75, 3.05) is 36.0 Å². The first-order valence-corrected chi connectivity index (χ1v) is 9.45. The molecule has 3 rings (SSSR count). The zero-order chi connectivity index (χ0) is 17.6. The van der Waals surface area contributed by atoms with Gasteiger partial charge < -0.3 is 20.2 Å². The highest BCUT2D eigenvalue weighted by atomic mass is 16.3. The predicted molar refractivity (Wildman–Crippen MR) is 97.8 cm³/mol. The average molecular weight is 347 g/mol. The second-order valence-corrected chi connectivity index (χ2v) is 6.97. The molecule has 0 aliphatic carbocycles. The van der Waals surface area contributed by atoms with Crippen molar-refractivity contribution >= 4 is 17.5 Å². The third kappa shape index (κ3) is 4.39. The van der Waals surface area contributed by atoms with Gasteiger partial charge >= 0.3 is 0 Å². The van der Waals surface area contributed by atoms with Crippen LogP contribution in [-0.2, 0) is 4.79 Å². The van der Waals surface area contributed by atoms with Crippen molar-refractivity contribution in [3.05, 3.63) is 12.4 Å². The molecule has 0 aromatic carbocycles. The van der Waals surface area contributed by atoms with E-state index in [4.69, 9.17) is 0 Å². The lowest BCUT2D eigenvalue weighted by Gasteiger charge is -2.37. The summed E-state index contributed by atoms with van der Waals surface area (Å²) in [5, 5.41) is 12.7. The molecule has 2 saturated heterocycles. The number of carbonyl (C=O) groups is 1. The summed E-state index contributed by atoms with van der Waals surface area (Å²) >= 11 is 0. The summed E-state index contributed by atoms with van der Waals surface area (Å²) in [4.78, 5) is 25.0. The van der Waals surface area contributed by atoms with E-state index >= 15 is 0 Å². The van der Waals surface area contributed by atoms with Gasteiger partial charge in [0.2, 0.25) is 5.91 Å². The summed E-state index contributed by atoms with van der Waals surface area (Å²) in [6, 6.07) is 2.35. The monoisotopic (exact) mass is 347 g/mol. The maximum absolute atomic E-state index is 11.7. The number of hydrogen-bond donors (Lipinski definition) is 2. The summed E-state index contributed by atoms with van der Waals surface area (Å²) in [6.45, 7) is 4.69. The molecule has 0 bridgehead atoms. The topological polar surface area (TPSA) is 81.6 Å². The maximum Gasteiger partial charge on any atom is 0.219 e. The Morgan fingerprint density at radius 3 is 2.88 bits per heavy atom. The highest BCUT2D eigenvalue weighted by Crippen LogP contribution is 2.26. The Kier molecular flexibility index (Phi) is 6.07. The Morgan fingerprint density at radius 2 is 2.08 bits per heavy atom. The fourth-order valence-corrected chi connectivity index (χ4v) is 3.79. The molecule has 1 aromatic heterocycles. The van der Waals surface area contributed by atoms with Crippen molar-refractivity contribution in [3.63, 3.8) is 0 Å². The third-order valence-electron chi connectivity index (χ3n) is 5.20. The number of piperidine rings is 2. The van der Waals surface area contributed by atoms with Gasteiger partial charge in [0.15, 0.2) is 0 Å². The van der Waals surface area contributed by atoms with Gasteiger partial charge in [-0.05, 0) is 32.1 Å². The van der Waals surface area contributed by atoms with Gasteiger partial charge in [-0.3, -0.25) is 4.79 Å². The smallest absolute Gasteiger partial charge is 0.219 e. The van der Waals surface area contributed by atoms with Gasteiger partial charge in [-0.1, -0.05) is 6.92 Å². The number of amides is 1. The summed E-state index contributed by atoms with van der Waals surface area (Å²) < 4.78 is 0. The molecule has 2 atom stereocenters. The van der Waals surface area contributed by atoms with Crippen LogP contribution in [0.25, 0.3) is 0 Å². The van der Waals surface area contributed by atoms with Crippen LogP contribution in [0, 0.1) is 0 Å². The van der Waals surface area contributed by atoms with E-state index in [1.54, 1.807) is 6.33 Å². The Bertz CT molecular complexity index is 582. The van der Waals surface area contributed by atoms with Crippen LogP contribution >= 0.6 is 0 Å². The Balaban J connectivity index is 1.71. The number of rotatable bonds is 5. The molecular formula is C18H29N5O2. The van der Waals surface area contributed by atoms with Gasteiger partial charge in [-0.25, -0.2) is 9.97 Å². The van der Waals surface area contributed by atoms with Gasteiger partial charge in [-0.2, -0.15) is 0 Å². The van der Waals surface area contributed by atoms with Crippen LogP contribution < -0.4 is 15.1 Å². The van der Waals surface area contributed by atoms with Crippen LogP contribution in [0.5, 0.6) is 0 Å². The van der Waals surface area contributed by atoms with Crippen molar-refractivity contribution in [2.45, 2.75) is 57.5 Å². The van der Waals surface area contributed by atoms with Crippen LogP contribution in [0.2, 0.25) is 0 Å². The minimum absolute atomic E-state index is 0.106. The Hall–Kier alpha value is -1.89. The first-order valence-electron chi connectivity index (χ1n) is 9.45. The second-order valence-electron chi connectivity index (χ2n) is 6.97. The van der Waals surface area contributed by atoms with Gasteiger partial charge in [-0.15, -0.1) is 0 Å². The molecule has 0 spiro atoms. The van der Waals surface area contributed by atoms with Gasteiger partial charge in [0, 0.05) is 38.2 Å². The van der Waals surface area contributed by atoms with Crippen LogP contribution in [-0.4, -0.2) is 59.3 Å². The maximum atomic E-state index is 11.7. The SMILES string of the molecule is CCC(=O)NC1CCCN(c2cc(N3CCCCC3CO)ncn2)C1. The van der Waals surface area contributed by atoms with Crippen molar-refractivity contribution in [1.29, 1.82) is 0 Å². The predicted octanol–water partition coefficient (Wildman–Crippen LogP) is 1.32. The lowest BCUT2D eigenvalue weighted by molar-refractivity contribution is -0.121. The molecule has 2 unspecified atom stereocenters. The minimum atomic E-state index is 0.106. The van der Waals surface area contributed by atoms with Gasteiger partial charge in [0.25, 0.3) is 0 Å². The summed E-state index contributed by atoms with van der Waals surface area (Å²) in [6.07, 6.45) is 7.48. The molecule has 7 heteroatoms. The van der Waals surface area contributed by atoms with E-state index in [0.29, 0.717) is 6.42 Å². The van der Waals surface area contributed by atoms with E-state index in [1.807, 2.05) is 13.0 Å². The Morgan fingerprint density at radius 1 is 1.24 bits per heavy atom. The quantitative estimate of drug-likeness (QED) is 0.836. The van der Waals surface area contributed by atoms with Crippen LogP contribution in [0.15, 0.2) is 12.4 Å². The molecule has 2 aliphatic rings. The number of aliphatic hydroxyl groups excluding tert-OH is 1. The highest BCUT2D eigenvalue weighted by Gasteiger charge is 2.25. The molecule has 0 saturated carbocycles. The minimum Gasteiger partial charge on any atom is -0.394 e. The molecule has 2 aliphatic heterocycles. The third-order valence-corrected chi connectivity index (χ3v) is 5.20. The molecule has 138 valence electrons. The van der Waals surface area contributed by atoms with E-state index in [0.717, 1.165) is 63.4 Å². The fourth-order valence-electron chi connectivity index (χ4n) is 3.79. The molecular weight excluding hydrogens is 318 g/mol. The number of carbonyl (C=O) groups excluding carboxylic acids is 1. The number of nitrogens with zero attached hydrogens (tertiary/aromatic N) is 4. The molecule has 7 nitrogen and oxygen atoms in total. The summed E-state index contributed by atoms with van der Waals surface area (Å²) in [7, 11) is 0. The van der Waals surface area contributed by atoms with Crippen molar-refractivity contribution in [1.82, 2.24) is 15.3 Å². The van der Waals surface area contributed by atoms with Crippen LogP contribution in [0.4, 0.5) is 11.6 Å². The van der Waals surface area contributed by atoms with E-state index in [2.05, 4.69) is 25.1 Å². The van der Waals surface area contributed by atoms with Crippen molar-refractivity contribution in [3.8, 4) is 0 Å². The highest BCUT2D eigenvalue weighted by molar-refractivity contribution is 5.76. The molecule has 2 fully saturated rings.